The van der Waals surface area contributed by atoms with Crippen molar-refractivity contribution in [2.24, 2.45) is 0 Å². The van der Waals surface area contributed by atoms with E-state index in [0.29, 0.717) is 22.2 Å². The van der Waals surface area contributed by atoms with Crippen LogP contribution in [0.1, 0.15) is 50.0 Å². The average Bonchev–Trinajstić information content (AvgIpc) is 3.05. The quantitative estimate of drug-likeness (QED) is 0.535. The number of hydrogen-bond donors (Lipinski definition) is 1. The molecule has 0 amide bonds. The maximum Gasteiger partial charge on any atom is 0.303 e. The lowest BCUT2D eigenvalue weighted by molar-refractivity contribution is -0.147. The van der Waals surface area contributed by atoms with Gasteiger partial charge in [-0.2, -0.15) is 0 Å². The molecule has 1 aromatic carbocycles. The molecule has 2 aromatic heterocycles. The Morgan fingerprint density at radius 2 is 1.93 bits per heavy atom. The maximum absolute atomic E-state index is 13.6. The number of H-pyrrole nitrogens is 1. The van der Waals surface area contributed by atoms with Crippen molar-refractivity contribution in [1.29, 1.82) is 0 Å². The van der Waals surface area contributed by atoms with E-state index in [1.807, 2.05) is 26.0 Å². The van der Waals surface area contributed by atoms with Crippen LogP contribution in [-0.2, 0) is 16.0 Å². The number of rotatable bonds is 7. The van der Waals surface area contributed by atoms with Gasteiger partial charge in [0.05, 0.1) is 5.69 Å². The highest BCUT2D eigenvalue weighted by molar-refractivity contribution is 7.99. The highest BCUT2D eigenvalue weighted by Crippen LogP contribution is 2.35. The van der Waals surface area contributed by atoms with Gasteiger partial charge in [-0.1, -0.05) is 31.7 Å². The number of imidazole rings is 1. The van der Waals surface area contributed by atoms with Crippen LogP contribution in [0.25, 0.3) is 0 Å². The molecule has 0 saturated heterocycles. The van der Waals surface area contributed by atoms with Crippen molar-refractivity contribution >= 4 is 17.7 Å². The molecule has 152 valence electrons. The van der Waals surface area contributed by atoms with E-state index in [1.54, 1.807) is 12.3 Å². The standard InChI is InChI=1S/C21H21F2N3O2S/c1-12(2)19-21(29-17-9-14(22)8-15(23)10-17)26-20(25-19)18(28-13(3)27)11-16-6-4-5-7-24-16/h4-10,12,18H,11H2,1-3H3,(H,25,26). The summed E-state index contributed by atoms with van der Waals surface area (Å²) in [7, 11) is 0. The molecule has 0 saturated carbocycles. The number of carbonyl (C=O) groups excluding carboxylic acids is 1. The smallest absolute Gasteiger partial charge is 0.303 e. The third-order valence-corrected chi connectivity index (χ3v) is 5.05. The molecule has 5 nitrogen and oxygen atoms in total. The Hall–Kier alpha value is -2.74. The minimum absolute atomic E-state index is 0.0741. The molecule has 0 aliphatic rings. The maximum atomic E-state index is 13.6. The van der Waals surface area contributed by atoms with E-state index in [2.05, 4.69) is 15.0 Å². The van der Waals surface area contributed by atoms with Crippen molar-refractivity contribution in [1.82, 2.24) is 15.0 Å². The zero-order valence-corrected chi connectivity index (χ0v) is 17.1. The minimum Gasteiger partial charge on any atom is -0.454 e. The average molecular weight is 417 g/mol. The van der Waals surface area contributed by atoms with Gasteiger partial charge < -0.3 is 9.72 Å². The Kier molecular flexibility index (Phi) is 6.64. The van der Waals surface area contributed by atoms with Gasteiger partial charge in [-0.15, -0.1) is 0 Å². The fourth-order valence-electron chi connectivity index (χ4n) is 2.81. The molecule has 2 heterocycles. The monoisotopic (exact) mass is 417 g/mol. The van der Waals surface area contributed by atoms with Gasteiger partial charge in [0.15, 0.2) is 6.10 Å². The summed E-state index contributed by atoms with van der Waals surface area (Å²) in [6.45, 7) is 5.29. The SMILES string of the molecule is CC(=O)OC(Cc1ccccn1)c1nc(Sc2cc(F)cc(F)c2)c(C(C)C)[nH]1. The van der Waals surface area contributed by atoms with E-state index >= 15 is 0 Å². The van der Waals surface area contributed by atoms with Gasteiger partial charge in [0.2, 0.25) is 0 Å². The summed E-state index contributed by atoms with van der Waals surface area (Å²) >= 11 is 1.16. The number of hydrogen-bond acceptors (Lipinski definition) is 5. The van der Waals surface area contributed by atoms with Crippen LogP contribution in [-0.4, -0.2) is 20.9 Å². The fraction of sp³-hybridized carbons (Fsp3) is 0.286. The number of aromatic amines is 1. The van der Waals surface area contributed by atoms with Gasteiger partial charge >= 0.3 is 5.97 Å². The first-order valence-corrected chi connectivity index (χ1v) is 9.94. The van der Waals surface area contributed by atoms with Crippen molar-refractivity contribution in [3.8, 4) is 0 Å². The molecule has 3 rings (SSSR count). The van der Waals surface area contributed by atoms with Gasteiger partial charge in [-0.25, -0.2) is 13.8 Å². The van der Waals surface area contributed by atoms with E-state index in [4.69, 9.17) is 4.74 Å². The number of esters is 1. The number of ether oxygens (including phenoxy) is 1. The molecule has 0 fully saturated rings. The second-order valence-corrected chi connectivity index (χ2v) is 7.89. The molecule has 0 aliphatic carbocycles. The van der Waals surface area contributed by atoms with Gasteiger partial charge in [0.1, 0.15) is 22.5 Å². The van der Waals surface area contributed by atoms with Crippen LogP contribution in [0.5, 0.6) is 0 Å². The van der Waals surface area contributed by atoms with E-state index in [0.717, 1.165) is 29.2 Å². The van der Waals surface area contributed by atoms with Gasteiger partial charge in [-0.05, 0) is 30.2 Å². The number of nitrogens with one attached hydrogen (secondary N) is 1. The number of aromatic nitrogens is 3. The Morgan fingerprint density at radius 3 is 2.52 bits per heavy atom. The first kappa shape index (κ1) is 21.0. The zero-order chi connectivity index (χ0) is 21.0. The summed E-state index contributed by atoms with van der Waals surface area (Å²) in [4.78, 5) is 24.1. The third kappa shape index (κ3) is 5.63. The molecule has 29 heavy (non-hydrogen) atoms. The molecule has 0 aliphatic heterocycles. The lowest BCUT2D eigenvalue weighted by Crippen LogP contribution is -2.13. The molecule has 0 spiro atoms. The van der Waals surface area contributed by atoms with E-state index in [-0.39, 0.29) is 5.92 Å². The third-order valence-electron chi connectivity index (χ3n) is 4.08. The van der Waals surface area contributed by atoms with Gasteiger partial charge in [0.25, 0.3) is 0 Å². The number of halogens is 2. The van der Waals surface area contributed by atoms with Crippen LogP contribution >= 0.6 is 11.8 Å². The molecular weight excluding hydrogens is 396 g/mol. The first-order chi connectivity index (χ1) is 13.8. The largest absolute Gasteiger partial charge is 0.454 e. The van der Waals surface area contributed by atoms with Crippen LogP contribution < -0.4 is 0 Å². The van der Waals surface area contributed by atoms with Crippen LogP contribution in [0, 0.1) is 11.6 Å². The predicted molar refractivity (Wildman–Crippen MR) is 106 cm³/mol. The van der Waals surface area contributed by atoms with Crippen LogP contribution in [0.2, 0.25) is 0 Å². The van der Waals surface area contributed by atoms with E-state index < -0.39 is 23.7 Å². The number of nitrogens with zero attached hydrogens (tertiary/aromatic N) is 2. The molecule has 0 radical (unpaired) electrons. The van der Waals surface area contributed by atoms with Gasteiger partial charge in [0, 0.05) is 36.2 Å². The molecule has 1 unspecified atom stereocenters. The number of benzene rings is 1. The number of pyridine rings is 1. The van der Waals surface area contributed by atoms with E-state index in [1.165, 1.54) is 19.1 Å². The summed E-state index contributed by atoms with van der Waals surface area (Å²) < 4.78 is 32.6. The molecule has 8 heteroatoms. The second kappa shape index (κ2) is 9.17. The summed E-state index contributed by atoms with van der Waals surface area (Å²) in [5, 5.41) is 0.582. The lowest BCUT2D eigenvalue weighted by atomic mass is 10.1. The summed E-state index contributed by atoms with van der Waals surface area (Å²) in [5.41, 5.74) is 1.55. The Labute approximate surface area is 171 Å². The molecular formula is C21H21F2N3O2S. The second-order valence-electron chi connectivity index (χ2n) is 6.83. The summed E-state index contributed by atoms with van der Waals surface area (Å²) in [5.74, 6) is -1.20. The lowest BCUT2D eigenvalue weighted by Gasteiger charge is -2.14. The Balaban J connectivity index is 1.94. The minimum atomic E-state index is -0.654. The van der Waals surface area contributed by atoms with Crippen molar-refractivity contribution in [3.05, 3.63) is 71.4 Å². The van der Waals surface area contributed by atoms with Crippen molar-refractivity contribution in [2.75, 3.05) is 0 Å². The fourth-order valence-corrected chi connectivity index (χ4v) is 3.92. The zero-order valence-electron chi connectivity index (χ0n) is 16.3. The predicted octanol–water partition coefficient (Wildman–Crippen LogP) is 5.20. The van der Waals surface area contributed by atoms with E-state index in [9.17, 15) is 13.6 Å². The highest BCUT2D eigenvalue weighted by atomic mass is 32.2. The Morgan fingerprint density at radius 1 is 1.21 bits per heavy atom. The normalized spacial score (nSPS) is 12.2. The number of carbonyl (C=O) groups is 1. The van der Waals surface area contributed by atoms with Crippen molar-refractivity contribution < 1.29 is 18.3 Å². The molecule has 0 bridgehead atoms. The van der Waals surface area contributed by atoms with Crippen LogP contribution in [0.15, 0.2) is 52.5 Å². The van der Waals surface area contributed by atoms with Gasteiger partial charge in [-0.3, -0.25) is 9.78 Å². The topological polar surface area (TPSA) is 67.9 Å². The van der Waals surface area contributed by atoms with Crippen LogP contribution in [0.4, 0.5) is 8.78 Å². The summed E-state index contributed by atoms with van der Waals surface area (Å²) in [6.07, 6.45) is 1.37. The van der Waals surface area contributed by atoms with Crippen LogP contribution in [0.3, 0.4) is 0 Å². The Bertz CT molecular complexity index is 973. The van der Waals surface area contributed by atoms with Crippen molar-refractivity contribution in [2.45, 2.75) is 49.1 Å². The first-order valence-electron chi connectivity index (χ1n) is 9.12. The summed E-state index contributed by atoms with van der Waals surface area (Å²) in [6, 6.07) is 8.84. The van der Waals surface area contributed by atoms with Crippen molar-refractivity contribution in [3.63, 3.8) is 0 Å². The molecule has 1 N–H and O–H groups in total. The molecule has 3 aromatic rings. The highest BCUT2D eigenvalue weighted by Gasteiger charge is 2.24. The molecule has 1 atom stereocenters.